The van der Waals surface area contributed by atoms with Gasteiger partial charge in [-0.25, -0.2) is 0 Å². The third kappa shape index (κ3) is 1.33. The highest BCUT2D eigenvalue weighted by Gasteiger charge is 2.57. The summed E-state index contributed by atoms with van der Waals surface area (Å²) in [6, 6.07) is 13.2. The van der Waals surface area contributed by atoms with Crippen LogP contribution in [0.5, 0.6) is 5.75 Å². The lowest BCUT2D eigenvalue weighted by molar-refractivity contribution is 0.415. The zero-order valence-electron chi connectivity index (χ0n) is 10.6. The molecule has 0 spiro atoms. The summed E-state index contributed by atoms with van der Waals surface area (Å²) in [4.78, 5) is 0. The summed E-state index contributed by atoms with van der Waals surface area (Å²) in [7, 11) is 1.72. The Balaban J connectivity index is 1.80. The molecule has 2 nitrogen and oxygen atoms in total. The maximum absolute atomic E-state index is 5.27. The fourth-order valence-electron chi connectivity index (χ4n) is 3.45. The van der Waals surface area contributed by atoms with Gasteiger partial charge < -0.3 is 10.1 Å². The number of nitrogens with one attached hydrogen (secondary N) is 1. The summed E-state index contributed by atoms with van der Waals surface area (Å²) in [6.45, 7) is 2.35. The third-order valence-electron chi connectivity index (χ3n) is 4.69. The van der Waals surface area contributed by atoms with Gasteiger partial charge in [-0.05, 0) is 47.4 Å². The minimum atomic E-state index is 0.452. The molecule has 18 heavy (non-hydrogen) atoms. The maximum Gasteiger partial charge on any atom is 0.119 e. The van der Waals surface area contributed by atoms with E-state index in [0.717, 1.165) is 18.2 Å². The van der Waals surface area contributed by atoms with Crippen molar-refractivity contribution in [1.29, 1.82) is 0 Å². The molecule has 0 radical (unpaired) electrons. The van der Waals surface area contributed by atoms with Gasteiger partial charge in [0, 0.05) is 12.0 Å². The van der Waals surface area contributed by atoms with Gasteiger partial charge in [0.25, 0.3) is 0 Å². The van der Waals surface area contributed by atoms with E-state index in [0.29, 0.717) is 5.41 Å². The lowest BCUT2D eigenvalue weighted by Gasteiger charge is -2.13. The van der Waals surface area contributed by atoms with Crippen molar-refractivity contribution in [2.75, 3.05) is 20.2 Å². The van der Waals surface area contributed by atoms with Gasteiger partial charge in [0.15, 0.2) is 0 Å². The highest BCUT2D eigenvalue weighted by atomic mass is 16.5. The van der Waals surface area contributed by atoms with Crippen LogP contribution in [0.15, 0.2) is 36.4 Å². The van der Waals surface area contributed by atoms with E-state index in [-0.39, 0.29) is 0 Å². The monoisotopic (exact) mass is 239 g/mol. The van der Waals surface area contributed by atoms with E-state index in [4.69, 9.17) is 4.74 Å². The first-order chi connectivity index (χ1) is 8.82. The van der Waals surface area contributed by atoms with Gasteiger partial charge in [-0.15, -0.1) is 0 Å². The Morgan fingerprint density at radius 1 is 1.17 bits per heavy atom. The van der Waals surface area contributed by atoms with Crippen molar-refractivity contribution in [1.82, 2.24) is 5.32 Å². The lowest BCUT2D eigenvalue weighted by atomic mass is 9.93. The summed E-state index contributed by atoms with van der Waals surface area (Å²) < 4.78 is 5.27. The molecule has 0 amide bonds. The van der Waals surface area contributed by atoms with Crippen molar-refractivity contribution in [3.63, 3.8) is 0 Å². The van der Waals surface area contributed by atoms with E-state index in [1.165, 1.54) is 29.3 Å². The van der Waals surface area contributed by atoms with Gasteiger partial charge in [0.05, 0.1) is 7.11 Å². The highest BCUT2D eigenvalue weighted by molar-refractivity contribution is 5.85. The molecule has 1 aliphatic carbocycles. The molecule has 1 N–H and O–H groups in total. The zero-order valence-corrected chi connectivity index (χ0v) is 10.6. The fourth-order valence-corrected chi connectivity index (χ4v) is 3.45. The number of rotatable bonds is 2. The van der Waals surface area contributed by atoms with Crippen LogP contribution >= 0.6 is 0 Å². The molecule has 2 unspecified atom stereocenters. The molecular weight excluding hydrogens is 222 g/mol. The fraction of sp³-hybridized carbons (Fsp3) is 0.375. The van der Waals surface area contributed by atoms with Gasteiger partial charge in [-0.2, -0.15) is 0 Å². The minimum Gasteiger partial charge on any atom is -0.497 e. The van der Waals surface area contributed by atoms with Crippen LogP contribution in [-0.4, -0.2) is 20.2 Å². The zero-order chi connectivity index (χ0) is 12.2. The average Bonchev–Trinajstić information content (AvgIpc) is 3.00. The van der Waals surface area contributed by atoms with E-state index in [9.17, 15) is 0 Å². The average molecular weight is 239 g/mol. The smallest absolute Gasteiger partial charge is 0.119 e. The van der Waals surface area contributed by atoms with Gasteiger partial charge in [0.1, 0.15) is 5.75 Å². The van der Waals surface area contributed by atoms with Crippen LogP contribution < -0.4 is 10.1 Å². The number of benzene rings is 2. The topological polar surface area (TPSA) is 21.3 Å². The van der Waals surface area contributed by atoms with Crippen LogP contribution in [0.3, 0.4) is 0 Å². The minimum absolute atomic E-state index is 0.452. The molecule has 2 aliphatic rings. The summed E-state index contributed by atoms with van der Waals surface area (Å²) in [5.74, 6) is 1.80. The first-order valence-electron chi connectivity index (χ1n) is 6.61. The number of ether oxygens (including phenoxy) is 1. The normalized spacial score (nSPS) is 29.3. The Morgan fingerprint density at radius 2 is 2.00 bits per heavy atom. The number of fused-ring (bicyclic) bond motifs is 2. The molecule has 1 saturated carbocycles. The van der Waals surface area contributed by atoms with E-state index in [2.05, 4.69) is 35.6 Å². The van der Waals surface area contributed by atoms with Crippen LogP contribution in [-0.2, 0) is 5.41 Å². The molecule has 2 atom stereocenters. The Labute approximate surface area is 107 Å². The van der Waals surface area contributed by atoms with Crippen LogP contribution in [0.25, 0.3) is 10.8 Å². The number of piperidine rings is 1. The summed E-state index contributed by atoms with van der Waals surface area (Å²) in [6.07, 6.45) is 1.36. The molecule has 2 fully saturated rings. The summed E-state index contributed by atoms with van der Waals surface area (Å²) in [5, 5.41) is 6.09. The predicted octanol–water partition coefficient (Wildman–Crippen LogP) is 2.71. The molecule has 0 bridgehead atoms. The molecule has 2 heteroatoms. The van der Waals surface area contributed by atoms with Crippen molar-refractivity contribution in [3.8, 4) is 5.75 Å². The largest absolute Gasteiger partial charge is 0.497 e. The molecule has 1 saturated heterocycles. The molecule has 1 aliphatic heterocycles. The molecule has 0 aromatic heterocycles. The SMILES string of the molecule is COc1ccc2cc(C34CNCC3C4)ccc2c1. The van der Waals surface area contributed by atoms with Crippen molar-refractivity contribution in [3.05, 3.63) is 42.0 Å². The van der Waals surface area contributed by atoms with Gasteiger partial charge in [0.2, 0.25) is 0 Å². The van der Waals surface area contributed by atoms with E-state index in [1.54, 1.807) is 7.11 Å². The second-order valence-electron chi connectivity index (χ2n) is 5.62. The standard InChI is InChI=1S/C16H17NO/c1-18-15-5-3-11-6-13(4-2-12(11)7-15)16-8-14(16)9-17-10-16/h2-7,14,17H,8-10H2,1H3. The number of hydrogen-bond acceptors (Lipinski definition) is 2. The van der Waals surface area contributed by atoms with E-state index in [1.807, 2.05) is 6.07 Å². The van der Waals surface area contributed by atoms with Crippen LogP contribution in [0, 0.1) is 5.92 Å². The van der Waals surface area contributed by atoms with Crippen molar-refractivity contribution >= 4 is 10.8 Å². The second kappa shape index (κ2) is 3.48. The van der Waals surface area contributed by atoms with Crippen LogP contribution in [0.1, 0.15) is 12.0 Å². The third-order valence-corrected chi connectivity index (χ3v) is 4.69. The maximum atomic E-state index is 5.27. The Bertz CT molecular complexity index is 622. The first-order valence-corrected chi connectivity index (χ1v) is 6.61. The van der Waals surface area contributed by atoms with E-state index >= 15 is 0 Å². The number of hydrogen-bond donors (Lipinski definition) is 1. The highest BCUT2D eigenvalue weighted by Crippen LogP contribution is 2.56. The molecule has 2 aromatic carbocycles. The van der Waals surface area contributed by atoms with Crippen molar-refractivity contribution < 1.29 is 4.74 Å². The van der Waals surface area contributed by atoms with Gasteiger partial charge in [-0.1, -0.05) is 24.3 Å². The number of methoxy groups -OCH3 is 1. The first kappa shape index (κ1) is 10.4. The van der Waals surface area contributed by atoms with Crippen LogP contribution in [0.2, 0.25) is 0 Å². The van der Waals surface area contributed by atoms with Gasteiger partial charge in [-0.3, -0.25) is 0 Å². The molecular formula is C16H17NO. The Hall–Kier alpha value is -1.54. The molecule has 1 heterocycles. The molecule has 2 aromatic rings. The Kier molecular flexibility index (Phi) is 2.01. The van der Waals surface area contributed by atoms with Crippen molar-refractivity contribution in [2.45, 2.75) is 11.8 Å². The second-order valence-corrected chi connectivity index (χ2v) is 5.62. The lowest BCUT2D eigenvalue weighted by Crippen LogP contribution is -2.19. The van der Waals surface area contributed by atoms with Crippen LogP contribution in [0.4, 0.5) is 0 Å². The molecule has 4 rings (SSSR count). The van der Waals surface area contributed by atoms with E-state index < -0.39 is 0 Å². The molecule has 92 valence electrons. The predicted molar refractivity (Wildman–Crippen MR) is 73.2 cm³/mol. The Morgan fingerprint density at radius 3 is 2.72 bits per heavy atom. The summed E-state index contributed by atoms with van der Waals surface area (Å²) in [5.41, 5.74) is 1.96. The quantitative estimate of drug-likeness (QED) is 0.870. The van der Waals surface area contributed by atoms with Gasteiger partial charge >= 0.3 is 0 Å². The summed E-state index contributed by atoms with van der Waals surface area (Å²) >= 11 is 0. The van der Waals surface area contributed by atoms with Crippen molar-refractivity contribution in [2.24, 2.45) is 5.92 Å².